The summed E-state index contributed by atoms with van der Waals surface area (Å²) in [7, 11) is 3.04. The first-order valence-electron chi connectivity index (χ1n) is 10.3. The van der Waals surface area contributed by atoms with Crippen LogP contribution in [0.2, 0.25) is 0 Å². The lowest BCUT2D eigenvalue weighted by Crippen LogP contribution is -2.35. The highest BCUT2D eigenvalue weighted by Crippen LogP contribution is 2.25. The Labute approximate surface area is 192 Å². The van der Waals surface area contributed by atoms with Crippen LogP contribution >= 0.6 is 0 Å². The van der Waals surface area contributed by atoms with Gasteiger partial charge in [-0.3, -0.25) is 9.59 Å². The first-order valence-corrected chi connectivity index (χ1v) is 10.3. The summed E-state index contributed by atoms with van der Waals surface area (Å²) >= 11 is 0. The molecule has 3 aromatic carbocycles. The molecule has 0 bridgehead atoms. The van der Waals surface area contributed by atoms with E-state index in [1.54, 1.807) is 78.9 Å². The highest BCUT2D eigenvalue weighted by Gasteiger charge is 2.26. The van der Waals surface area contributed by atoms with Crippen molar-refractivity contribution in [1.29, 1.82) is 0 Å². The molecule has 1 N–H and O–H groups in total. The van der Waals surface area contributed by atoms with Crippen LogP contribution < -0.4 is 14.8 Å². The summed E-state index contributed by atoms with van der Waals surface area (Å²) in [6.45, 7) is -0.450. The van der Waals surface area contributed by atoms with Crippen molar-refractivity contribution in [2.24, 2.45) is 0 Å². The van der Waals surface area contributed by atoms with E-state index in [1.165, 1.54) is 14.2 Å². The van der Waals surface area contributed by atoms with Gasteiger partial charge >= 0.3 is 5.97 Å². The zero-order valence-electron chi connectivity index (χ0n) is 18.4. The third-order valence-corrected chi connectivity index (χ3v) is 4.96. The standard InChI is InChI=1S/C26H25NO6/c1-31-20-14-12-19(13-15-20)24(29)17-33-26(30)22(16-23(28)18-8-4-3-5-9-18)27-21-10-6-7-11-25(21)32-2/h3-15,22,27H,16-17H2,1-2H3/t22-/m1/s1. The minimum Gasteiger partial charge on any atom is -0.497 e. The molecule has 0 aliphatic heterocycles. The van der Waals surface area contributed by atoms with Crippen molar-refractivity contribution in [1.82, 2.24) is 0 Å². The zero-order valence-corrected chi connectivity index (χ0v) is 18.4. The number of carbonyl (C=O) groups is 3. The van der Waals surface area contributed by atoms with Crippen LogP contribution in [0.3, 0.4) is 0 Å². The van der Waals surface area contributed by atoms with Gasteiger partial charge in [0.1, 0.15) is 17.5 Å². The maximum Gasteiger partial charge on any atom is 0.329 e. The van der Waals surface area contributed by atoms with Crippen molar-refractivity contribution >= 4 is 23.2 Å². The van der Waals surface area contributed by atoms with Crippen molar-refractivity contribution in [2.45, 2.75) is 12.5 Å². The molecule has 0 radical (unpaired) electrons. The van der Waals surface area contributed by atoms with E-state index in [4.69, 9.17) is 14.2 Å². The first kappa shape index (κ1) is 23.5. The maximum absolute atomic E-state index is 12.9. The Morgan fingerprint density at radius 2 is 1.39 bits per heavy atom. The Hall–Kier alpha value is -4.13. The fourth-order valence-electron chi connectivity index (χ4n) is 3.17. The largest absolute Gasteiger partial charge is 0.497 e. The summed E-state index contributed by atoms with van der Waals surface area (Å²) in [6.07, 6.45) is -0.155. The van der Waals surface area contributed by atoms with E-state index in [0.717, 1.165) is 0 Å². The lowest BCUT2D eigenvalue weighted by molar-refractivity contribution is -0.143. The lowest BCUT2D eigenvalue weighted by Gasteiger charge is -2.19. The summed E-state index contributed by atoms with van der Waals surface area (Å²) in [5.74, 6) is -0.189. The Balaban J connectivity index is 1.73. The minimum absolute atomic E-state index is 0.155. The molecule has 0 aliphatic rings. The average molecular weight is 447 g/mol. The van der Waals surface area contributed by atoms with Crippen LogP contribution in [-0.4, -0.2) is 44.4 Å². The number of esters is 1. The summed E-state index contributed by atoms with van der Waals surface area (Å²) in [4.78, 5) is 38.1. The van der Waals surface area contributed by atoms with Crippen LogP contribution in [0, 0.1) is 0 Å². The van der Waals surface area contributed by atoms with Crippen LogP contribution in [0.5, 0.6) is 11.5 Å². The Kier molecular flexibility index (Phi) is 8.18. The highest BCUT2D eigenvalue weighted by atomic mass is 16.5. The number of ketones is 2. The molecule has 3 rings (SSSR count). The Morgan fingerprint density at radius 1 is 0.758 bits per heavy atom. The van der Waals surface area contributed by atoms with Crippen molar-refractivity contribution in [3.8, 4) is 11.5 Å². The molecular weight excluding hydrogens is 422 g/mol. The van der Waals surface area contributed by atoms with Crippen LogP contribution in [0.4, 0.5) is 5.69 Å². The van der Waals surface area contributed by atoms with E-state index < -0.39 is 18.6 Å². The lowest BCUT2D eigenvalue weighted by atomic mass is 10.0. The van der Waals surface area contributed by atoms with Gasteiger partial charge in [-0.2, -0.15) is 0 Å². The van der Waals surface area contributed by atoms with Gasteiger partial charge in [-0.1, -0.05) is 42.5 Å². The zero-order chi connectivity index (χ0) is 23.6. The average Bonchev–Trinajstić information content (AvgIpc) is 2.87. The van der Waals surface area contributed by atoms with Gasteiger partial charge in [-0.25, -0.2) is 4.79 Å². The topological polar surface area (TPSA) is 90.9 Å². The molecular formula is C26H25NO6. The minimum atomic E-state index is -1.02. The van der Waals surface area contributed by atoms with Crippen LogP contribution in [-0.2, 0) is 9.53 Å². The monoisotopic (exact) mass is 447 g/mol. The Morgan fingerprint density at radius 3 is 2.06 bits per heavy atom. The molecule has 1 atom stereocenters. The number of para-hydroxylation sites is 2. The number of carbonyl (C=O) groups excluding carboxylic acids is 3. The fraction of sp³-hybridized carbons (Fsp3) is 0.192. The molecule has 0 amide bonds. The smallest absolute Gasteiger partial charge is 0.329 e. The normalized spacial score (nSPS) is 11.2. The van der Waals surface area contributed by atoms with Gasteiger partial charge in [0.05, 0.1) is 19.9 Å². The molecule has 170 valence electrons. The highest BCUT2D eigenvalue weighted by molar-refractivity contribution is 6.01. The van der Waals surface area contributed by atoms with E-state index in [1.807, 2.05) is 0 Å². The molecule has 0 fully saturated rings. The molecule has 0 saturated carbocycles. The maximum atomic E-state index is 12.9. The number of methoxy groups -OCH3 is 2. The molecule has 0 aliphatic carbocycles. The van der Waals surface area contributed by atoms with Gasteiger partial charge in [0.2, 0.25) is 0 Å². The van der Waals surface area contributed by atoms with Gasteiger partial charge in [0.25, 0.3) is 0 Å². The van der Waals surface area contributed by atoms with Crippen molar-refractivity contribution in [2.75, 3.05) is 26.1 Å². The van der Waals surface area contributed by atoms with Crippen LogP contribution in [0.25, 0.3) is 0 Å². The summed E-state index contributed by atoms with van der Waals surface area (Å²) in [6, 6.07) is 21.2. The number of ether oxygens (including phenoxy) is 3. The number of nitrogens with one attached hydrogen (secondary N) is 1. The molecule has 0 unspecified atom stereocenters. The number of hydrogen-bond acceptors (Lipinski definition) is 7. The number of rotatable bonds is 11. The quantitative estimate of drug-likeness (QED) is 0.348. The predicted molar refractivity (Wildman–Crippen MR) is 124 cm³/mol. The second-order valence-corrected chi connectivity index (χ2v) is 7.15. The van der Waals surface area contributed by atoms with Gasteiger partial charge < -0.3 is 19.5 Å². The number of benzene rings is 3. The number of hydrogen-bond donors (Lipinski definition) is 1. The van der Waals surface area contributed by atoms with Crippen molar-refractivity contribution in [3.63, 3.8) is 0 Å². The third kappa shape index (κ3) is 6.43. The molecule has 33 heavy (non-hydrogen) atoms. The summed E-state index contributed by atoms with van der Waals surface area (Å²) < 4.78 is 15.7. The molecule has 0 heterocycles. The molecule has 7 nitrogen and oxygen atoms in total. The summed E-state index contributed by atoms with van der Waals surface area (Å²) in [5.41, 5.74) is 1.40. The second kappa shape index (κ2) is 11.5. The van der Waals surface area contributed by atoms with Crippen molar-refractivity contribution < 1.29 is 28.6 Å². The van der Waals surface area contributed by atoms with E-state index in [2.05, 4.69) is 5.32 Å². The van der Waals surface area contributed by atoms with Gasteiger partial charge in [0.15, 0.2) is 18.2 Å². The van der Waals surface area contributed by atoms with Gasteiger partial charge in [-0.15, -0.1) is 0 Å². The third-order valence-electron chi connectivity index (χ3n) is 4.96. The number of Topliss-reactive ketones (excluding diaryl/α,β-unsaturated/α-hetero) is 2. The molecule has 3 aromatic rings. The molecule has 0 aromatic heterocycles. The van der Waals surface area contributed by atoms with E-state index >= 15 is 0 Å². The van der Waals surface area contributed by atoms with Gasteiger partial charge in [-0.05, 0) is 36.4 Å². The summed E-state index contributed by atoms with van der Waals surface area (Å²) in [5, 5.41) is 3.03. The fourth-order valence-corrected chi connectivity index (χ4v) is 3.17. The molecule has 0 saturated heterocycles. The molecule has 7 heteroatoms. The predicted octanol–water partition coefficient (Wildman–Crippen LogP) is 4.18. The van der Waals surface area contributed by atoms with Crippen molar-refractivity contribution in [3.05, 3.63) is 90.0 Å². The SMILES string of the molecule is COc1ccc(C(=O)COC(=O)[C@@H](CC(=O)c2ccccc2)Nc2ccccc2OC)cc1. The Bertz CT molecular complexity index is 1100. The number of anilines is 1. The second-order valence-electron chi connectivity index (χ2n) is 7.15. The van der Waals surface area contributed by atoms with E-state index in [9.17, 15) is 14.4 Å². The van der Waals surface area contributed by atoms with Gasteiger partial charge in [0, 0.05) is 17.5 Å². The van der Waals surface area contributed by atoms with E-state index in [-0.39, 0.29) is 18.0 Å². The van der Waals surface area contributed by atoms with Crippen LogP contribution in [0.1, 0.15) is 27.1 Å². The van der Waals surface area contributed by atoms with Crippen LogP contribution in [0.15, 0.2) is 78.9 Å². The molecule has 0 spiro atoms. The first-order chi connectivity index (χ1) is 16.0. The van der Waals surface area contributed by atoms with E-state index in [0.29, 0.717) is 28.3 Å².